The third kappa shape index (κ3) is 4.21. The Labute approximate surface area is 111 Å². The minimum Gasteiger partial charge on any atom is -0.374 e. The average molecular weight is 255 g/mol. The third-order valence-corrected chi connectivity index (χ3v) is 3.37. The van der Waals surface area contributed by atoms with Gasteiger partial charge in [0.15, 0.2) is 0 Å². The number of benzene rings is 1. The Hall–Kier alpha value is -0.730. The first-order valence-electron chi connectivity index (χ1n) is 6.24. The predicted molar refractivity (Wildman–Crippen MR) is 77.3 cm³/mol. The summed E-state index contributed by atoms with van der Waals surface area (Å²) in [7, 11) is 2.20. The zero-order valence-corrected chi connectivity index (χ0v) is 11.6. The third-order valence-electron chi connectivity index (χ3n) is 3.37. The second-order valence-corrected chi connectivity index (χ2v) is 4.93. The van der Waals surface area contributed by atoms with Crippen molar-refractivity contribution in [3.05, 3.63) is 29.8 Å². The van der Waals surface area contributed by atoms with Crippen molar-refractivity contribution in [2.24, 2.45) is 5.92 Å². The standard InChI is InChI=1S/C14H22N2.ClH/c1-12-5-3-7-14(9-12)16(2)11-13-6-4-8-15-10-13;/h3,5,7,9,13,15H,4,6,8,10-11H2,1-2H3;1H. The molecule has 2 nitrogen and oxygen atoms in total. The van der Waals surface area contributed by atoms with Gasteiger partial charge in [0, 0.05) is 19.3 Å². The van der Waals surface area contributed by atoms with Crippen molar-refractivity contribution in [3.63, 3.8) is 0 Å². The summed E-state index contributed by atoms with van der Waals surface area (Å²) in [5, 5.41) is 3.48. The quantitative estimate of drug-likeness (QED) is 0.893. The minimum absolute atomic E-state index is 0. The van der Waals surface area contributed by atoms with E-state index in [9.17, 15) is 0 Å². The summed E-state index contributed by atoms with van der Waals surface area (Å²) in [5.41, 5.74) is 2.68. The van der Waals surface area contributed by atoms with Crippen LogP contribution >= 0.6 is 12.4 Å². The zero-order chi connectivity index (χ0) is 11.4. The number of nitrogens with one attached hydrogen (secondary N) is 1. The van der Waals surface area contributed by atoms with Gasteiger partial charge in [-0.15, -0.1) is 12.4 Å². The Morgan fingerprint density at radius 1 is 1.41 bits per heavy atom. The molecule has 17 heavy (non-hydrogen) atoms. The summed E-state index contributed by atoms with van der Waals surface area (Å²) in [5.74, 6) is 0.805. The zero-order valence-electron chi connectivity index (χ0n) is 10.8. The molecule has 2 rings (SSSR count). The van der Waals surface area contributed by atoms with Crippen molar-refractivity contribution in [1.29, 1.82) is 0 Å². The van der Waals surface area contributed by atoms with Crippen LogP contribution in [0.1, 0.15) is 18.4 Å². The minimum atomic E-state index is 0. The van der Waals surface area contributed by atoms with E-state index in [2.05, 4.69) is 48.5 Å². The van der Waals surface area contributed by atoms with Gasteiger partial charge in [-0.1, -0.05) is 12.1 Å². The van der Waals surface area contributed by atoms with Gasteiger partial charge in [0.05, 0.1) is 0 Å². The van der Waals surface area contributed by atoms with E-state index in [1.807, 2.05) is 0 Å². The molecule has 0 amide bonds. The number of anilines is 1. The van der Waals surface area contributed by atoms with E-state index >= 15 is 0 Å². The van der Waals surface area contributed by atoms with Gasteiger partial charge in [0.1, 0.15) is 0 Å². The summed E-state index contributed by atoms with van der Waals surface area (Å²) in [6.07, 6.45) is 2.69. The molecule has 0 radical (unpaired) electrons. The fourth-order valence-corrected chi connectivity index (χ4v) is 2.44. The topological polar surface area (TPSA) is 15.3 Å². The maximum atomic E-state index is 3.48. The van der Waals surface area contributed by atoms with Gasteiger partial charge in [0.25, 0.3) is 0 Å². The van der Waals surface area contributed by atoms with Gasteiger partial charge in [-0.05, 0) is 56.5 Å². The van der Waals surface area contributed by atoms with E-state index in [1.165, 1.54) is 37.2 Å². The molecule has 3 heteroatoms. The molecule has 0 aromatic heterocycles. The van der Waals surface area contributed by atoms with Crippen molar-refractivity contribution in [2.75, 3.05) is 31.6 Å². The number of rotatable bonds is 3. The normalized spacial score (nSPS) is 19.5. The number of nitrogens with zero attached hydrogens (tertiary/aromatic N) is 1. The summed E-state index contributed by atoms with van der Waals surface area (Å²) in [6.45, 7) is 5.69. The first-order chi connectivity index (χ1) is 7.75. The highest BCUT2D eigenvalue weighted by Gasteiger charge is 2.15. The Balaban J connectivity index is 0.00000144. The molecule has 0 saturated carbocycles. The Kier molecular flexibility index (Phi) is 5.79. The van der Waals surface area contributed by atoms with Gasteiger partial charge < -0.3 is 10.2 Å². The monoisotopic (exact) mass is 254 g/mol. The number of aryl methyl sites for hydroxylation is 1. The van der Waals surface area contributed by atoms with Crippen molar-refractivity contribution in [2.45, 2.75) is 19.8 Å². The van der Waals surface area contributed by atoms with Crippen molar-refractivity contribution < 1.29 is 0 Å². The molecule has 1 unspecified atom stereocenters. The Bertz CT molecular complexity index is 335. The molecule has 0 bridgehead atoms. The highest BCUT2D eigenvalue weighted by atomic mass is 35.5. The van der Waals surface area contributed by atoms with Crippen LogP contribution < -0.4 is 10.2 Å². The van der Waals surface area contributed by atoms with Crippen molar-refractivity contribution >= 4 is 18.1 Å². The molecule has 0 spiro atoms. The maximum absolute atomic E-state index is 3.48. The van der Waals surface area contributed by atoms with E-state index in [1.54, 1.807) is 0 Å². The maximum Gasteiger partial charge on any atom is 0.0366 e. The molecule has 1 aromatic carbocycles. The average Bonchev–Trinajstić information content (AvgIpc) is 2.30. The van der Waals surface area contributed by atoms with E-state index < -0.39 is 0 Å². The van der Waals surface area contributed by atoms with E-state index in [0.29, 0.717) is 0 Å². The summed E-state index contributed by atoms with van der Waals surface area (Å²) < 4.78 is 0. The largest absolute Gasteiger partial charge is 0.374 e. The number of hydrogen-bond acceptors (Lipinski definition) is 2. The summed E-state index contributed by atoms with van der Waals surface area (Å²) >= 11 is 0. The van der Waals surface area contributed by atoms with E-state index in [0.717, 1.165) is 12.5 Å². The molecule has 1 N–H and O–H groups in total. The lowest BCUT2D eigenvalue weighted by Gasteiger charge is -2.29. The number of halogens is 1. The first kappa shape index (κ1) is 14.3. The van der Waals surface area contributed by atoms with Gasteiger partial charge in [-0.3, -0.25) is 0 Å². The summed E-state index contributed by atoms with van der Waals surface area (Å²) in [4.78, 5) is 2.38. The second kappa shape index (κ2) is 6.87. The van der Waals surface area contributed by atoms with Crippen LogP contribution in [0.25, 0.3) is 0 Å². The van der Waals surface area contributed by atoms with Crippen LogP contribution in [0.15, 0.2) is 24.3 Å². The van der Waals surface area contributed by atoms with Crippen LogP contribution in [0.2, 0.25) is 0 Å². The van der Waals surface area contributed by atoms with Crippen LogP contribution in [0.3, 0.4) is 0 Å². The van der Waals surface area contributed by atoms with Gasteiger partial charge in [-0.2, -0.15) is 0 Å². The van der Waals surface area contributed by atoms with Crippen LogP contribution in [0.4, 0.5) is 5.69 Å². The highest BCUT2D eigenvalue weighted by Crippen LogP contribution is 2.18. The lowest BCUT2D eigenvalue weighted by atomic mass is 9.99. The van der Waals surface area contributed by atoms with Gasteiger partial charge in [0.2, 0.25) is 0 Å². The lowest BCUT2D eigenvalue weighted by Crippen LogP contribution is -2.36. The molecule has 1 saturated heterocycles. The summed E-state index contributed by atoms with van der Waals surface area (Å²) in [6, 6.07) is 8.75. The Morgan fingerprint density at radius 2 is 2.24 bits per heavy atom. The molecule has 96 valence electrons. The molecule has 1 aromatic rings. The fraction of sp³-hybridized carbons (Fsp3) is 0.571. The van der Waals surface area contributed by atoms with E-state index in [-0.39, 0.29) is 12.4 Å². The second-order valence-electron chi connectivity index (χ2n) is 4.93. The lowest BCUT2D eigenvalue weighted by molar-refractivity contribution is 0.381. The molecule has 1 aliphatic rings. The SMILES string of the molecule is Cc1cccc(N(C)CC2CCCNC2)c1.Cl. The van der Waals surface area contributed by atoms with Crippen molar-refractivity contribution in [1.82, 2.24) is 5.32 Å². The van der Waals surface area contributed by atoms with E-state index in [4.69, 9.17) is 0 Å². The first-order valence-corrected chi connectivity index (χ1v) is 6.24. The number of hydrogen-bond donors (Lipinski definition) is 1. The van der Waals surface area contributed by atoms with Crippen molar-refractivity contribution in [3.8, 4) is 0 Å². The smallest absolute Gasteiger partial charge is 0.0366 e. The van der Waals surface area contributed by atoms with Crippen LogP contribution in [-0.2, 0) is 0 Å². The molecule has 1 heterocycles. The van der Waals surface area contributed by atoms with Gasteiger partial charge >= 0.3 is 0 Å². The molecule has 1 aliphatic heterocycles. The molecular weight excluding hydrogens is 232 g/mol. The molecule has 1 fully saturated rings. The molecule has 0 aliphatic carbocycles. The van der Waals surface area contributed by atoms with Crippen LogP contribution in [0.5, 0.6) is 0 Å². The highest BCUT2D eigenvalue weighted by molar-refractivity contribution is 5.85. The fourth-order valence-electron chi connectivity index (χ4n) is 2.44. The molecular formula is C14H23ClN2. The Morgan fingerprint density at radius 3 is 2.88 bits per heavy atom. The molecule has 1 atom stereocenters. The number of piperidine rings is 1. The predicted octanol–water partition coefficient (Wildman–Crippen LogP) is 2.85. The van der Waals surface area contributed by atoms with Crippen LogP contribution in [-0.4, -0.2) is 26.7 Å². The van der Waals surface area contributed by atoms with Crippen LogP contribution in [0, 0.1) is 12.8 Å². The van der Waals surface area contributed by atoms with Gasteiger partial charge in [-0.25, -0.2) is 0 Å².